The van der Waals surface area contributed by atoms with Crippen molar-refractivity contribution in [3.8, 4) is 0 Å². The third-order valence-corrected chi connectivity index (χ3v) is 5.96. The van der Waals surface area contributed by atoms with E-state index in [4.69, 9.17) is 18.9 Å². The Bertz CT molecular complexity index is 863. The number of aliphatic hydroxyl groups is 5. The number of hydrogen-bond donors (Lipinski definition) is 8. The zero-order valence-electron chi connectivity index (χ0n) is 19.8. The molecule has 2 heterocycles. The van der Waals surface area contributed by atoms with Gasteiger partial charge in [0, 0.05) is 19.7 Å². The van der Waals surface area contributed by atoms with E-state index in [1.165, 1.54) is 14.0 Å². The normalized spacial score (nSPS) is 36.6. The summed E-state index contributed by atoms with van der Waals surface area (Å²) in [5.74, 6) is -0.489. The van der Waals surface area contributed by atoms with Crippen LogP contribution in [-0.2, 0) is 23.7 Å². The Labute approximate surface area is 207 Å². The first kappa shape index (κ1) is 28.2. The van der Waals surface area contributed by atoms with Crippen LogP contribution in [0.2, 0.25) is 0 Å². The molecule has 14 nitrogen and oxygen atoms in total. The van der Waals surface area contributed by atoms with Gasteiger partial charge in [-0.3, -0.25) is 4.79 Å². The second-order valence-electron chi connectivity index (χ2n) is 8.48. The number of carbonyl (C=O) groups is 2. The lowest BCUT2D eigenvalue weighted by Gasteiger charge is -2.47. The van der Waals surface area contributed by atoms with E-state index in [2.05, 4.69) is 16.0 Å². The minimum Gasteiger partial charge on any atom is -0.394 e. The van der Waals surface area contributed by atoms with Crippen LogP contribution in [0.5, 0.6) is 0 Å². The van der Waals surface area contributed by atoms with Crippen LogP contribution in [-0.4, -0.2) is 119 Å². The van der Waals surface area contributed by atoms with Crippen molar-refractivity contribution in [2.75, 3.05) is 25.6 Å². The lowest BCUT2D eigenvalue weighted by molar-refractivity contribution is -0.336. The first-order valence-electron chi connectivity index (χ1n) is 11.3. The smallest absolute Gasteiger partial charge is 0.319 e. The lowest BCUT2D eigenvalue weighted by atomic mass is 9.94. The molecule has 14 heteroatoms. The van der Waals surface area contributed by atoms with Gasteiger partial charge in [0.15, 0.2) is 12.6 Å². The van der Waals surface area contributed by atoms with E-state index in [1.807, 2.05) is 0 Å². The molecule has 36 heavy (non-hydrogen) atoms. The molecule has 0 aliphatic carbocycles. The second-order valence-corrected chi connectivity index (χ2v) is 8.48. The van der Waals surface area contributed by atoms with Gasteiger partial charge in [-0.1, -0.05) is 18.2 Å². The molecule has 0 bridgehead atoms. The van der Waals surface area contributed by atoms with Gasteiger partial charge < -0.3 is 60.4 Å². The van der Waals surface area contributed by atoms with Crippen LogP contribution >= 0.6 is 0 Å². The van der Waals surface area contributed by atoms with Gasteiger partial charge in [0.05, 0.1) is 19.3 Å². The Morgan fingerprint density at radius 1 is 0.889 bits per heavy atom. The molecule has 1 aromatic rings. The van der Waals surface area contributed by atoms with Crippen molar-refractivity contribution in [3.05, 3.63) is 30.3 Å². The summed E-state index contributed by atoms with van der Waals surface area (Å²) in [7, 11) is 1.29. The van der Waals surface area contributed by atoms with Gasteiger partial charge in [-0.25, -0.2) is 4.79 Å². The van der Waals surface area contributed by atoms with Crippen molar-refractivity contribution in [2.45, 2.75) is 68.2 Å². The van der Waals surface area contributed by atoms with Gasteiger partial charge in [0.1, 0.15) is 42.7 Å². The fraction of sp³-hybridized carbons (Fsp3) is 0.636. The maximum Gasteiger partial charge on any atom is 0.319 e. The zero-order valence-corrected chi connectivity index (χ0v) is 19.8. The van der Waals surface area contributed by atoms with Crippen LogP contribution in [0, 0.1) is 0 Å². The number of nitrogens with one attached hydrogen (secondary N) is 3. The zero-order chi connectivity index (χ0) is 26.4. The molecule has 0 aromatic heterocycles. The second kappa shape index (κ2) is 12.7. The van der Waals surface area contributed by atoms with Crippen molar-refractivity contribution in [1.29, 1.82) is 0 Å². The van der Waals surface area contributed by atoms with E-state index in [9.17, 15) is 35.1 Å². The summed E-state index contributed by atoms with van der Waals surface area (Å²) in [6.45, 7) is -0.0739. The van der Waals surface area contributed by atoms with Crippen molar-refractivity contribution >= 4 is 17.6 Å². The third-order valence-electron chi connectivity index (χ3n) is 5.96. The summed E-state index contributed by atoms with van der Waals surface area (Å²) in [6.07, 6.45) is -11.1. The van der Waals surface area contributed by atoms with Crippen LogP contribution in [0.4, 0.5) is 10.5 Å². The molecule has 2 aliphatic rings. The Morgan fingerprint density at radius 2 is 1.53 bits per heavy atom. The number of aliphatic hydroxyl groups excluding tert-OH is 5. The molecular weight excluding hydrogens is 482 g/mol. The molecule has 3 rings (SSSR count). The Morgan fingerprint density at radius 3 is 2.11 bits per heavy atom. The van der Waals surface area contributed by atoms with E-state index < -0.39 is 86.4 Å². The average molecular weight is 516 g/mol. The van der Waals surface area contributed by atoms with Crippen molar-refractivity contribution < 1.29 is 54.1 Å². The number of ether oxygens (including phenoxy) is 4. The van der Waals surface area contributed by atoms with Crippen LogP contribution in [0.25, 0.3) is 0 Å². The van der Waals surface area contributed by atoms with Gasteiger partial charge in [0.2, 0.25) is 5.91 Å². The standard InChI is InChI=1S/C22H33N3O11/c1-10(28)23-15-17(30)19(13(9-27)35-20(15)33-2)36-21-18(31)14(16(29)12(8-26)34-21)25-22(32)24-11-6-4-3-5-7-11/h3-7,12-21,26-27,29-31H,8-9H2,1-2H3,(H,23,28)(H2,24,25,32)/t12-,13-,14+,15-,16+,17-,18-,19-,20?,21+/m1/s1. The van der Waals surface area contributed by atoms with E-state index in [1.54, 1.807) is 30.3 Å². The number of hydrogen-bond acceptors (Lipinski definition) is 11. The van der Waals surface area contributed by atoms with E-state index in [0.717, 1.165) is 0 Å². The minimum atomic E-state index is -1.67. The molecule has 8 N–H and O–H groups in total. The van der Waals surface area contributed by atoms with Crippen LogP contribution in [0.15, 0.2) is 30.3 Å². The molecule has 10 atom stereocenters. The van der Waals surface area contributed by atoms with Gasteiger partial charge >= 0.3 is 6.03 Å². The first-order chi connectivity index (χ1) is 17.2. The van der Waals surface area contributed by atoms with Gasteiger partial charge in [-0.2, -0.15) is 0 Å². The van der Waals surface area contributed by atoms with E-state index in [-0.39, 0.29) is 0 Å². The van der Waals surface area contributed by atoms with Crippen LogP contribution < -0.4 is 16.0 Å². The molecule has 1 unspecified atom stereocenters. The summed E-state index contributed by atoms with van der Waals surface area (Å²) in [5.41, 5.74) is 0.461. The van der Waals surface area contributed by atoms with E-state index >= 15 is 0 Å². The van der Waals surface area contributed by atoms with Crippen molar-refractivity contribution in [2.24, 2.45) is 0 Å². The summed E-state index contributed by atoms with van der Waals surface area (Å²) in [6, 6.07) is 5.26. The molecule has 3 amide bonds. The number of carbonyl (C=O) groups excluding carboxylic acids is 2. The molecule has 0 saturated carbocycles. The van der Waals surface area contributed by atoms with E-state index in [0.29, 0.717) is 5.69 Å². The first-order valence-corrected chi connectivity index (χ1v) is 11.3. The predicted octanol–water partition coefficient (Wildman–Crippen LogP) is -2.77. The molecule has 0 radical (unpaired) electrons. The number of urea groups is 1. The highest BCUT2D eigenvalue weighted by atomic mass is 16.7. The average Bonchev–Trinajstić information content (AvgIpc) is 2.86. The molecule has 0 spiro atoms. The van der Waals surface area contributed by atoms with Gasteiger partial charge in [-0.15, -0.1) is 0 Å². The molecule has 2 aliphatic heterocycles. The number of benzene rings is 1. The summed E-state index contributed by atoms with van der Waals surface area (Å²) < 4.78 is 22.0. The summed E-state index contributed by atoms with van der Waals surface area (Å²) in [5, 5.41) is 59.4. The number of para-hydroxylation sites is 1. The Hall–Kier alpha value is -2.40. The van der Waals surface area contributed by atoms with Crippen LogP contribution in [0.1, 0.15) is 6.92 Å². The number of amides is 3. The maximum absolute atomic E-state index is 12.5. The Balaban J connectivity index is 1.77. The van der Waals surface area contributed by atoms with Gasteiger partial charge in [0.25, 0.3) is 0 Å². The maximum atomic E-state index is 12.5. The summed E-state index contributed by atoms with van der Waals surface area (Å²) in [4.78, 5) is 24.1. The molecular formula is C22H33N3O11. The number of anilines is 1. The van der Waals surface area contributed by atoms with Crippen molar-refractivity contribution in [3.63, 3.8) is 0 Å². The lowest BCUT2D eigenvalue weighted by Crippen LogP contribution is -2.69. The van der Waals surface area contributed by atoms with Gasteiger partial charge in [-0.05, 0) is 12.1 Å². The highest BCUT2D eigenvalue weighted by Crippen LogP contribution is 2.29. The van der Waals surface area contributed by atoms with Crippen molar-refractivity contribution in [1.82, 2.24) is 10.6 Å². The molecule has 1 aromatic carbocycles. The minimum absolute atomic E-state index is 0.461. The SMILES string of the molecule is COC1O[C@H](CO)[C@@H](O[C@@H]2O[C@H](CO)[C@H](O)[C@H](NC(=O)Nc3ccccc3)[C@H]2O)[C@H](O)[C@H]1NC(C)=O. The molecule has 2 saturated heterocycles. The number of rotatable bonds is 8. The third kappa shape index (κ3) is 6.47. The fourth-order valence-corrected chi connectivity index (χ4v) is 4.19. The molecule has 202 valence electrons. The number of methoxy groups -OCH3 is 1. The highest BCUT2D eigenvalue weighted by molar-refractivity contribution is 5.89. The quantitative estimate of drug-likeness (QED) is 0.178. The fourth-order valence-electron chi connectivity index (χ4n) is 4.19. The Kier molecular flexibility index (Phi) is 9.95. The monoisotopic (exact) mass is 515 g/mol. The molecule has 2 fully saturated rings. The highest BCUT2D eigenvalue weighted by Gasteiger charge is 2.51. The summed E-state index contributed by atoms with van der Waals surface area (Å²) >= 11 is 0. The van der Waals surface area contributed by atoms with Crippen LogP contribution in [0.3, 0.4) is 0 Å². The topological polar surface area (TPSA) is 208 Å². The predicted molar refractivity (Wildman–Crippen MR) is 121 cm³/mol. The largest absolute Gasteiger partial charge is 0.394 e.